The molecule has 0 saturated heterocycles. The zero-order valence-electron chi connectivity index (χ0n) is 21.4. The molecule has 0 aromatic heterocycles. The summed E-state index contributed by atoms with van der Waals surface area (Å²) in [6.07, 6.45) is 21.3. The Morgan fingerprint density at radius 2 is 1.33 bits per heavy atom. The molecule has 33 heavy (non-hydrogen) atoms. The normalized spacial score (nSPS) is 12.1. The van der Waals surface area contributed by atoms with Crippen molar-refractivity contribution in [2.24, 2.45) is 0 Å². The van der Waals surface area contributed by atoms with Gasteiger partial charge in [0.2, 0.25) is 0 Å². The maximum absolute atomic E-state index is 13.5. The highest BCUT2D eigenvalue weighted by atomic mass is 19.1. The van der Waals surface area contributed by atoms with Gasteiger partial charge >= 0.3 is 0 Å². The first-order valence-electron chi connectivity index (χ1n) is 13.6. The van der Waals surface area contributed by atoms with Gasteiger partial charge in [-0.05, 0) is 36.6 Å². The second-order valence-corrected chi connectivity index (χ2v) is 9.33. The highest BCUT2D eigenvalue weighted by Gasteiger charge is 2.08. The molecular formula is C29H48FNO2. The molecule has 0 amide bonds. The molecular weight excluding hydrogens is 413 g/mol. The Hall–Kier alpha value is -1.44. The van der Waals surface area contributed by atoms with Gasteiger partial charge < -0.3 is 9.47 Å². The fourth-order valence-corrected chi connectivity index (χ4v) is 4.09. The SMILES string of the molecule is CCCCCCCCCCCCCCCCCOC[C@H](CC)OCc1cc(F)cc(C#N)c1. The number of rotatable bonds is 22. The molecule has 0 saturated carbocycles. The molecule has 0 bridgehead atoms. The Kier molecular flexibility index (Phi) is 18.9. The van der Waals surface area contributed by atoms with Crippen LogP contribution in [0, 0.1) is 17.1 Å². The summed E-state index contributed by atoms with van der Waals surface area (Å²) < 4.78 is 25.2. The molecule has 0 fully saturated rings. The number of unbranched alkanes of at least 4 members (excludes halogenated alkanes) is 14. The predicted octanol–water partition coefficient (Wildman–Crippen LogP) is 8.88. The lowest BCUT2D eigenvalue weighted by Crippen LogP contribution is -2.19. The lowest BCUT2D eigenvalue weighted by molar-refractivity contribution is -0.0269. The van der Waals surface area contributed by atoms with Crippen molar-refractivity contribution in [3.8, 4) is 6.07 Å². The zero-order valence-corrected chi connectivity index (χ0v) is 21.4. The van der Waals surface area contributed by atoms with E-state index >= 15 is 0 Å². The smallest absolute Gasteiger partial charge is 0.124 e. The van der Waals surface area contributed by atoms with Gasteiger partial charge in [-0.2, -0.15) is 5.26 Å². The molecule has 0 aliphatic heterocycles. The Morgan fingerprint density at radius 1 is 0.788 bits per heavy atom. The fourth-order valence-electron chi connectivity index (χ4n) is 4.09. The molecule has 1 rings (SSSR count). The quantitative estimate of drug-likeness (QED) is 0.162. The van der Waals surface area contributed by atoms with Crippen molar-refractivity contribution in [1.82, 2.24) is 0 Å². The van der Waals surface area contributed by atoms with Gasteiger partial charge in [0.05, 0.1) is 31.0 Å². The van der Waals surface area contributed by atoms with E-state index in [-0.39, 0.29) is 6.10 Å². The summed E-state index contributed by atoms with van der Waals surface area (Å²) in [4.78, 5) is 0. The second kappa shape index (κ2) is 21.1. The van der Waals surface area contributed by atoms with Gasteiger partial charge in [0.1, 0.15) is 5.82 Å². The molecule has 4 heteroatoms. The minimum Gasteiger partial charge on any atom is -0.379 e. The number of nitriles is 1. The predicted molar refractivity (Wildman–Crippen MR) is 136 cm³/mol. The molecule has 188 valence electrons. The molecule has 0 radical (unpaired) electrons. The van der Waals surface area contributed by atoms with Crippen LogP contribution in [0.2, 0.25) is 0 Å². The first-order chi connectivity index (χ1) is 16.2. The number of hydrogen-bond acceptors (Lipinski definition) is 3. The van der Waals surface area contributed by atoms with Crippen LogP contribution >= 0.6 is 0 Å². The van der Waals surface area contributed by atoms with E-state index < -0.39 is 5.82 Å². The monoisotopic (exact) mass is 461 g/mol. The van der Waals surface area contributed by atoms with E-state index in [1.54, 1.807) is 6.07 Å². The van der Waals surface area contributed by atoms with Crippen LogP contribution in [-0.2, 0) is 16.1 Å². The van der Waals surface area contributed by atoms with Crippen LogP contribution in [0.3, 0.4) is 0 Å². The van der Waals surface area contributed by atoms with Gasteiger partial charge in [0.15, 0.2) is 0 Å². The van der Waals surface area contributed by atoms with Gasteiger partial charge in [-0.3, -0.25) is 0 Å². The van der Waals surface area contributed by atoms with Gasteiger partial charge in [0, 0.05) is 6.61 Å². The van der Waals surface area contributed by atoms with Gasteiger partial charge in [-0.25, -0.2) is 4.39 Å². The average molecular weight is 462 g/mol. The minimum absolute atomic E-state index is 0.00450. The average Bonchev–Trinajstić information content (AvgIpc) is 2.82. The fraction of sp³-hybridized carbons (Fsp3) is 0.759. The van der Waals surface area contributed by atoms with Crippen molar-refractivity contribution in [2.75, 3.05) is 13.2 Å². The van der Waals surface area contributed by atoms with Crippen molar-refractivity contribution >= 4 is 0 Å². The highest BCUT2D eigenvalue weighted by molar-refractivity contribution is 5.33. The van der Waals surface area contributed by atoms with Crippen LogP contribution in [-0.4, -0.2) is 19.3 Å². The zero-order chi connectivity index (χ0) is 24.0. The summed E-state index contributed by atoms with van der Waals surface area (Å²) >= 11 is 0. The van der Waals surface area contributed by atoms with Gasteiger partial charge in [0.25, 0.3) is 0 Å². The maximum atomic E-state index is 13.5. The standard InChI is InChI=1S/C29H48FNO2/c1-3-5-6-7-8-9-10-11-12-13-14-15-16-17-18-19-32-25-29(4-2)33-24-27-20-26(23-31)21-28(30)22-27/h20-22,29H,3-19,24-25H2,1-2H3/t29-/m0/s1. The van der Waals surface area contributed by atoms with Crippen molar-refractivity contribution in [1.29, 1.82) is 5.26 Å². The molecule has 0 aliphatic carbocycles. The van der Waals surface area contributed by atoms with E-state index in [1.807, 2.05) is 6.07 Å². The van der Waals surface area contributed by atoms with E-state index in [9.17, 15) is 4.39 Å². The highest BCUT2D eigenvalue weighted by Crippen LogP contribution is 2.14. The van der Waals surface area contributed by atoms with Crippen molar-refractivity contribution in [3.63, 3.8) is 0 Å². The Morgan fingerprint density at radius 3 is 1.85 bits per heavy atom. The summed E-state index contributed by atoms with van der Waals surface area (Å²) in [6, 6.07) is 6.31. The molecule has 3 nitrogen and oxygen atoms in total. The molecule has 1 aromatic carbocycles. The van der Waals surface area contributed by atoms with Crippen LogP contribution in [0.5, 0.6) is 0 Å². The van der Waals surface area contributed by atoms with Gasteiger partial charge in [-0.1, -0.05) is 104 Å². The number of hydrogen-bond donors (Lipinski definition) is 0. The molecule has 0 heterocycles. The number of ether oxygens (including phenoxy) is 2. The van der Waals surface area contributed by atoms with Crippen LogP contribution in [0.25, 0.3) is 0 Å². The molecule has 0 spiro atoms. The topological polar surface area (TPSA) is 42.2 Å². The molecule has 0 N–H and O–H groups in total. The van der Waals surface area contributed by atoms with E-state index in [0.29, 0.717) is 24.3 Å². The second-order valence-electron chi connectivity index (χ2n) is 9.33. The van der Waals surface area contributed by atoms with Crippen molar-refractivity contribution in [2.45, 2.75) is 129 Å². The number of nitrogens with zero attached hydrogens (tertiary/aromatic N) is 1. The van der Waals surface area contributed by atoms with Crippen molar-refractivity contribution < 1.29 is 13.9 Å². The van der Waals surface area contributed by atoms with Crippen LogP contribution < -0.4 is 0 Å². The lowest BCUT2D eigenvalue weighted by Gasteiger charge is -2.16. The minimum atomic E-state index is -0.398. The Bertz CT molecular complexity index is 629. The summed E-state index contributed by atoms with van der Waals surface area (Å²) in [5.41, 5.74) is 1.01. The number of halogens is 1. The first-order valence-corrected chi connectivity index (χ1v) is 13.6. The Labute approximate surface area is 203 Å². The Balaban J connectivity index is 1.91. The van der Waals surface area contributed by atoms with Crippen LogP contribution in [0.4, 0.5) is 4.39 Å². The third-order valence-electron chi connectivity index (χ3n) is 6.22. The molecule has 0 aliphatic rings. The van der Waals surface area contributed by atoms with Crippen LogP contribution in [0.1, 0.15) is 128 Å². The van der Waals surface area contributed by atoms with Gasteiger partial charge in [-0.15, -0.1) is 0 Å². The largest absolute Gasteiger partial charge is 0.379 e. The molecule has 1 aromatic rings. The number of benzene rings is 1. The third kappa shape index (κ3) is 16.8. The third-order valence-corrected chi connectivity index (χ3v) is 6.22. The molecule has 0 unspecified atom stereocenters. The maximum Gasteiger partial charge on any atom is 0.124 e. The van der Waals surface area contributed by atoms with E-state index in [1.165, 1.54) is 102 Å². The summed E-state index contributed by atoms with van der Waals surface area (Å²) in [6.45, 7) is 5.98. The summed E-state index contributed by atoms with van der Waals surface area (Å²) in [5.74, 6) is -0.398. The summed E-state index contributed by atoms with van der Waals surface area (Å²) in [5, 5.41) is 8.95. The molecule has 1 atom stereocenters. The van der Waals surface area contributed by atoms with E-state index in [0.717, 1.165) is 19.4 Å². The lowest BCUT2D eigenvalue weighted by atomic mass is 10.0. The van der Waals surface area contributed by atoms with Crippen molar-refractivity contribution in [3.05, 3.63) is 35.1 Å². The van der Waals surface area contributed by atoms with E-state index in [2.05, 4.69) is 13.8 Å². The first kappa shape index (κ1) is 29.6. The summed E-state index contributed by atoms with van der Waals surface area (Å²) in [7, 11) is 0. The van der Waals surface area contributed by atoms with Crippen LogP contribution in [0.15, 0.2) is 18.2 Å². The van der Waals surface area contributed by atoms with E-state index in [4.69, 9.17) is 14.7 Å².